The van der Waals surface area contributed by atoms with Crippen LogP contribution in [-0.2, 0) is 9.53 Å². The maximum Gasteiger partial charge on any atom is 0.344 e. The monoisotopic (exact) mass is 265 g/mol. The van der Waals surface area contributed by atoms with E-state index in [1.807, 2.05) is 31.2 Å². The molecule has 0 radical (unpaired) electrons. The third-order valence-corrected chi connectivity index (χ3v) is 3.00. The molecule has 0 aromatic heterocycles. The zero-order valence-electron chi connectivity index (χ0n) is 12.0. The second-order valence-corrected chi connectivity index (χ2v) is 4.30. The third-order valence-electron chi connectivity index (χ3n) is 3.00. The zero-order chi connectivity index (χ0) is 14.1. The summed E-state index contributed by atoms with van der Waals surface area (Å²) in [4.78, 5) is 13.7. The molecular formula is C15H23NO3. The van der Waals surface area contributed by atoms with Crippen LogP contribution in [0.15, 0.2) is 24.3 Å². The number of rotatable bonds is 8. The number of nitrogens with zero attached hydrogens (tertiary/aromatic N) is 1. The first-order valence-electron chi connectivity index (χ1n) is 6.73. The van der Waals surface area contributed by atoms with Gasteiger partial charge in [-0.2, -0.15) is 0 Å². The lowest BCUT2D eigenvalue weighted by atomic mass is 10.2. The Morgan fingerprint density at radius 2 is 1.89 bits per heavy atom. The SMILES string of the molecule is CCN(CC)CCOC(=O)COc1ccccc1C. The lowest BCUT2D eigenvalue weighted by molar-refractivity contribution is -0.146. The Balaban J connectivity index is 2.23. The number of para-hydroxylation sites is 1. The molecule has 0 N–H and O–H groups in total. The van der Waals surface area contributed by atoms with Crippen LogP contribution >= 0.6 is 0 Å². The smallest absolute Gasteiger partial charge is 0.344 e. The largest absolute Gasteiger partial charge is 0.482 e. The fourth-order valence-electron chi connectivity index (χ4n) is 1.73. The number of carbonyl (C=O) groups excluding carboxylic acids is 1. The summed E-state index contributed by atoms with van der Waals surface area (Å²) in [6, 6.07) is 7.61. The molecule has 0 saturated heterocycles. The average molecular weight is 265 g/mol. The van der Waals surface area contributed by atoms with Gasteiger partial charge in [0, 0.05) is 6.54 Å². The van der Waals surface area contributed by atoms with Crippen molar-refractivity contribution in [3.63, 3.8) is 0 Å². The van der Waals surface area contributed by atoms with Crippen LogP contribution in [-0.4, -0.2) is 43.7 Å². The van der Waals surface area contributed by atoms with E-state index in [2.05, 4.69) is 18.7 Å². The van der Waals surface area contributed by atoms with E-state index in [4.69, 9.17) is 9.47 Å². The summed E-state index contributed by atoms with van der Waals surface area (Å²) in [5.41, 5.74) is 1.01. The molecule has 0 spiro atoms. The number of carbonyl (C=O) groups is 1. The van der Waals surface area contributed by atoms with Crippen LogP contribution in [0.25, 0.3) is 0 Å². The first-order chi connectivity index (χ1) is 9.17. The van der Waals surface area contributed by atoms with Gasteiger partial charge < -0.3 is 14.4 Å². The van der Waals surface area contributed by atoms with E-state index in [-0.39, 0.29) is 12.6 Å². The summed E-state index contributed by atoms with van der Waals surface area (Å²) in [5, 5.41) is 0. The summed E-state index contributed by atoms with van der Waals surface area (Å²) in [5.74, 6) is 0.401. The first-order valence-corrected chi connectivity index (χ1v) is 6.73. The van der Waals surface area contributed by atoms with Gasteiger partial charge in [-0.25, -0.2) is 4.79 Å². The van der Waals surface area contributed by atoms with Gasteiger partial charge in [0.2, 0.25) is 0 Å². The quantitative estimate of drug-likeness (QED) is 0.676. The minimum atomic E-state index is -0.324. The Hall–Kier alpha value is -1.55. The number of benzene rings is 1. The molecule has 0 fully saturated rings. The van der Waals surface area contributed by atoms with Gasteiger partial charge in [0.25, 0.3) is 0 Å². The number of hydrogen-bond acceptors (Lipinski definition) is 4. The fraction of sp³-hybridized carbons (Fsp3) is 0.533. The maximum atomic E-state index is 11.5. The van der Waals surface area contributed by atoms with E-state index in [0.29, 0.717) is 6.61 Å². The van der Waals surface area contributed by atoms with Gasteiger partial charge in [0.05, 0.1) is 0 Å². The summed E-state index contributed by atoms with van der Waals surface area (Å²) in [6.45, 7) is 9.20. The van der Waals surface area contributed by atoms with E-state index in [1.165, 1.54) is 0 Å². The minimum absolute atomic E-state index is 0.0386. The van der Waals surface area contributed by atoms with Crippen LogP contribution in [0, 0.1) is 6.92 Å². The van der Waals surface area contributed by atoms with Crippen molar-refractivity contribution >= 4 is 5.97 Å². The lowest BCUT2D eigenvalue weighted by Gasteiger charge is -2.17. The van der Waals surface area contributed by atoms with Crippen LogP contribution in [0.4, 0.5) is 0 Å². The Bertz CT molecular complexity index is 389. The molecule has 19 heavy (non-hydrogen) atoms. The topological polar surface area (TPSA) is 38.8 Å². The van der Waals surface area contributed by atoms with Crippen molar-refractivity contribution in [1.82, 2.24) is 4.90 Å². The zero-order valence-corrected chi connectivity index (χ0v) is 12.0. The van der Waals surface area contributed by atoms with Crippen molar-refractivity contribution in [3.05, 3.63) is 29.8 Å². The highest BCUT2D eigenvalue weighted by Crippen LogP contribution is 2.15. The molecule has 0 aliphatic heterocycles. The van der Waals surface area contributed by atoms with Crippen molar-refractivity contribution in [2.45, 2.75) is 20.8 Å². The Labute approximate surface area is 115 Å². The highest BCUT2D eigenvalue weighted by molar-refractivity contribution is 5.71. The van der Waals surface area contributed by atoms with Crippen molar-refractivity contribution < 1.29 is 14.3 Å². The van der Waals surface area contributed by atoms with Crippen LogP contribution in [0.5, 0.6) is 5.75 Å². The van der Waals surface area contributed by atoms with Gasteiger partial charge in [0.15, 0.2) is 6.61 Å². The Kier molecular flexibility index (Phi) is 6.97. The molecule has 4 heteroatoms. The molecule has 0 heterocycles. The highest BCUT2D eigenvalue weighted by atomic mass is 16.6. The summed E-state index contributed by atoms with van der Waals surface area (Å²) >= 11 is 0. The second kappa shape index (κ2) is 8.53. The molecular weight excluding hydrogens is 242 g/mol. The van der Waals surface area contributed by atoms with Gasteiger partial charge in [-0.1, -0.05) is 32.0 Å². The van der Waals surface area contributed by atoms with E-state index < -0.39 is 0 Å². The van der Waals surface area contributed by atoms with Crippen LogP contribution in [0.2, 0.25) is 0 Å². The minimum Gasteiger partial charge on any atom is -0.482 e. The molecule has 1 rings (SSSR count). The number of ether oxygens (including phenoxy) is 2. The predicted octanol–water partition coefficient (Wildman–Crippen LogP) is 2.26. The molecule has 0 bridgehead atoms. The normalized spacial score (nSPS) is 10.5. The molecule has 1 aromatic carbocycles. The van der Waals surface area contributed by atoms with Crippen LogP contribution in [0.1, 0.15) is 19.4 Å². The van der Waals surface area contributed by atoms with E-state index in [0.717, 1.165) is 30.9 Å². The standard InChI is InChI=1S/C15H23NO3/c1-4-16(5-2)10-11-18-15(17)12-19-14-9-7-6-8-13(14)3/h6-9H,4-5,10-12H2,1-3H3. The third kappa shape index (κ3) is 5.75. The summed E-state index contributed by atoms with van der Waals surface area (Å²) < 4.78 is 10.6. The highest BCUT2D eigenvalue weighted by Gasteiger charge is 2.06. The lowest BCUT2D eigenvalue weighted by Crippen LogP contribution is -2.28. The average Bonchev–Trinajstić information content (AvgIpc) is 2.43. The molecule has 0 saturated carbocycles. The number of esters is 1. The van der Waals surface area contributed by atoms with Crippen molar-refractivity contribution in [2.75, 3.05) is 32.8 Å². The van der Waals surface area contributed by atoms with Crippen LogP contribution < -0.4 is 4.74 Å². The van der Waals surface area contributed by atoms with E-state index in [9.17, 15) is 4.79 Å². The molecule has 0 amide bonds. The van der Waals surface area contributed by atoms with Gasteiger partial charge in [-0.05, 0) is 31.6 Å². The predicted molar refractivity (Wildman–Crippen MR) is 75.4 cm³/mol. The van der Waals surface area contributed by atoms with Crippen molar-refractivity contribution in [3.8, 4) is 5.75 Å². The van der Waals surface area contributed by atoms with Gasteiger partial charge in [-0.3, -0.25) is 0 Å². The van der Waals surface area contributed by atoms with E-state index >= 15 is 0 Å². The Morgan fingerprint density at radius 1 is 1.21 bits per heavy atom. The van der Waals surface area contributed by atoms with Crippen molar-refractivity contribution in [2.24, 2.45) is 0 Å². The molecule has 0 aliphatic rings. The molecule has 1 aromatic rings. The first kappa shape index (κ1) is 15.5. The molecule has 0 unspecified atom stereocenters. The van der Waals surface area contributed by atoms with Crippen LogP contribution in [0.3, 0.4) is 0 Å². The van der Waals surface area contributed by atoms with Gasteiger partial charge in [-0.15, -0.1) is 0 Å². The molecule has 0 atom stereocenters. The molecule has 106 valence electrons. The number of likely N-dealkylation sites (N-methyl/N-ethyl adjacent to an activating group) is 1. The van der Waals surface area contributed by atoms with Crippen molar-refractivity contribution in [1.29, 1.82) is 0 Å². The second-order valence-electron chi connectivity index (χ2n) is 4.30. The Morgan fingerprint density at radius 3 is 2.53 bits per heavy atom. The molecule has 4 nitrogen and oxygen atoms in total. The van der Waals surface area contributed by atoms with Gasteiger partial charge >= 0.3 is 5.97 Å². The fourth-order valence-corrected chi connectivity index (χ4v) is 1.73. The maximum absolute atomic E-state index is 11.5. The molecule has 0 aliphatic carbocycles. The summed E-state index contributed by atoms with van der Waals surface area (Å²) in [7, 11) is 0. The summed E-state index contributed by atoms with van der Waals surface area (Å²) in [6.07, 6.45) is 0. The number of hydrogen-bond donors (Lipinski definition) is 0. The number of aryl methyl sites for hydroxylation is 1. The van der Waals surface area contributed by atoms with E-state index in [1.54, 1.807) is 0 Å². The van der Waals surface area contributed by atoms with Gasteiger partial charge in [0.1, 0.15) is 12.4 Å².